The fourth-order valence-corrected chi connectivity index (χ4v) is 2.50. The smallest absolute Gasteiger partial charge is 0.268 e. The van der Waals surface area contributed by atoms with Crippen molar-refractivity contribution in [1.29, 1.82) is 0 Å². The predicted molar refractivity (Wildman–Crippen MR) is 85.2 cm³/mol. The number of hydrogen-bond donors (Lipinski definition) is 1. The Morgan fingerprint density at radius 2 is 1.86 bits per heavy atom. The van der Waals surface area contributed by atoms with Crippen LogP contribution in [-0.2, 0) is 13.6 Å². The van der Waals surface area contributed by atoms with Gasteiger partial charge in [-0.3, -0.25) is 4.79 Å². The van der Waals surface area contributed by atoms with E-state index >= 15 is 0 Å². The van der Waals surface area contributed by atoms with Gasteiger partial charge in [0.15, 0.2) is 0 Å². The van der Waals surface area contributed by atoms with E-state index in [1.54, 1.807) is 23.7 Å². The first-order chi connectivity index (χ1) is 10.5. The van der Waals surface area contributed by atoms with Gasteiger partial charge in [-0.2, -0.15) is 0 Å². The van der Waals surface area contributed by atoms with E-state index in [2.05, 4.69) is 5.32 Å². The number of amides is 1. The molecule has 0 radical (unpaired) electrons. The summed E-state index contributed by atoms with van der Waals surface area (Å²) in [6.07, 6.45) is 0. The van der Waals surface area contributed by atoms with Crippen LogP contribution in [0.25, 0.3) is 10.9 Å². The van der Waals surface area contributed by atoms with Gasteiger partial charge in [0, 0.05) is 19.0 Å². The average molecular weight is 296 g/mol. The van der Waals surface area contributed by atoms with Gasteiger partial charge in [-0.05, 0) is 36.8 Å². The van der Waals surface area contributed by atoms with Crippen LogP contribution in [0.5, 0.6) is 0 Å². The summed E-state index contributed by atoms with van der Waals surface area (Å²) in [4.78, 5) is 12.3. The van der Waals surface area contributed by atoms with Crippen molar-refractivity contribution < 1.29 is 9.18 Å². The molecule has 0 atom stereocenters. The maximum atomic E-state index is 13.3. The van der Waals surface area contributed by atoms with Crippen molar-refractivity contribution in [2.75, 3.05) is 0 Å². The van der Waals surface area contributed by atoms with Gasteiger partial charge in [0.25, 0.3) is 5.91 Å². The summed E-state index contributed by atoms with van der Waals surface area (Å²) in [5.41, 5.74) is 3.46. The maximum Gasteiger partial charge on any atom is 0.268 e. The number of nitrogens with zero attached hydrogens (tertiary/aromatic N) is 1. The molecule has 0 aliphatic carbocycles. The molecule has 0 aliphatic rings. The zero-order valence-corrected chi connectivity index (χ0v) is 12.6. The second kappa shape index (κ2) is 5.64. The number of benzene rings is 2. The molecule has 0 bridgehead atoms. The van der Waals surface area contributed by atoms with Crippen LogP contribution in [0, 0.1) is 12.7 Å². The minimum atomic E-state index is -0.305. The van der Waals surface area contributed by atoms with Crippen molar-refractivity contribution in [3.63, 3.8) is 0 Å². The highest BCUT2D eigenvalue weighted by Crippen LogP contribution is 2.19. The lowest BCUT2D eigenvalue weighted by molar-refractivity contribution is 0.0943. The zero-order chi connectivity index (χ0) is 15.7. The summed E-state index contributed by atoms with van der Waals surface area (Å²) >= 11 is 0. The lowest BCUT2D eigenvalue weighted by atomic mass is 10.1. The van der Waals surface area contributed by atoms with Gasteiger partial charge < -0.3 is 9.88 Å². The summed E-state index contributed by atoms with van der Waals surface area (Å²) in [6.45, 7) is 2.49. The Hall–Kier alpha value is -2.62. The van der Waals surface area contributed by atoms with Crippen molar-refractivity contribution in [2.24, 2.45) is 7.05 Å². The highest BCUT2D eigenvalue weighted by molar-refractivity contribution is 5.98. The summed E-state index contributed by atoms with van der Waals surface area (Å²) in [5.74, 6) is -0.472. The number of rotatable bonds is 3. The van der Waals surface area contributed by atoms with Crippen LogP contribution in [0.3, 0.4) is 0 Å². The molecule has 0 saturated carbocycles. The lowest BCUT2D eigenvalue weighted by Gasteiger charge is -2.07. The predicted octanol–water partition coefficient (Wildman–Crippen LogP) is 3.56. The second-order valence-electron chi connectivity index (χ2n) is 5.46. The first-order valence-electron chi connectivity index (χ1n) is 7.13. The first kappa shape index (κ1) is 14.3. The SMILES string of the molecule is Cc1ccc(CNC(=O)c2cc3ccc(F)cc3n2C)cc1. The van der Waals surface area contributed by atoms with Crippen LogP contribution in [-0.4, -0.2) is 10.5 Å². The molecule has 0 fully saturated rings. The third-order valence-electron chi connectivity index (χ3n) is 3.81. The molecule has 0 spiro atoms. The van der Waals surface area contributed by atoms with Gasteiger partial charge in [-0.25, -0.2) is 4.39 Å². The van der Waals surface area contributed by atoms with Crippen molar-refractivity contribution >= 4 is 16.8 Å². The highest BCUT2D eigenvalue weighted by Gasteiger charge is 2.13. The third-order valence-corrected chi connectivity index (χ3v) is 3.81. The van der Waals surface area contributed by atoms with Crippen LogP contribution in [0.2, 0.25) is 0 Å². The minimum absolute atomic E-state index is 0.167. The van der Waals surface area contributed by atoms with Crippen molar-refractivity contribution in [3.05, 3.63) is 71.2 Å². The molecule has 1 heterocycles. The standard InChI is InChI=1S/C18H17FN2O/c1-12-3-5-13(6-4-12)11-20-18(22)17-9-14-7-8-15(19)10-16(14)21(17)2/h3-10H,11H2,1-2H3,(H,20,22). The molecule has 1 aromatic heterocycles. The molecule has 1 N–H and O–H groups in total. The van der Waals surface area contributed by atoms with E-state index in [9.17, 15) is 9.18 Å². The number of nitrogens with one attached hydrogen (secondary N) is 1. The van der Waals surface area contributed by atoms with Crippen molar-refractivity contribution in [1.82, 2.24) is 9.88 Å². The van der Waals surface area contributed by atoms with Crippen LogP contribution < -0.4 is 5.32 Å². The number of fused-ring (bicyclic) bond motifs is 1. The fourth-order valence-electron chi connectivity index (χ4n) is 2.50. The molecule has 0 aliphatic heterocycles. The number of hydrogen-bond acceptors (Lipinski definition) is 1. The molecule has 112 valence electrons. The first-order valence-corrected chi connectivity index (χ1v) is 7.13. The van der Waals surface area contributed by atoms with E-state index in [0.29, 0.717) is 17.8 Å². The van der Waals surface area contributed by atoms with E-state index in [4.69, 9.17) is 0 Å². The topological polar surface area (TPSA) is 34.0 Å². The van der Waals surface area contributed by atoms with Gasteiger partial charge in [0.05, 0.1) is 5.52 Å². The summed E-state index contributed by atoms with van der Waals surface area (Å²) < 4.78 is 15.0. The third kappa shape index (κ3) is 2.72. The highest BCUT2D eigenvalue weighted by atomic mass is 19.1. The molecule has 2 aromatic carbocycles. The number of carbonyl (C=O) groups excluding carboxylic acids is 1. The lowest BCUT2D eigenvalue weighted by Crippen LogP contribution is -2.24. The number of aromatic nitrogens is 1. The summed E-state index contributed by atoms with van der Waals surface area (Å²) in [7, 11) is 1.77. The number of carbonyl (C=O) groups is 1. The van der Waals surface area contributed by atoms with E-state index in [0.717, 1.165) is 10.9 Å². The molecule has 22 heavy (non-hydrogen) atoms. The summed E-state index contributed by atoms with van der Waals surface area (Å²) in [6, 6.07) is 14.3. The fraction of sp³-hybridized carbons (Fsp3) is 0.167. The molecule has 0 unspecified atom stereocenters. The van der Waals surface area contributed by atoms with E-state index in [-0.39, 0.29) is 11.7 Å². The zero-order valence-electron chi connectivity index (χ0n) is 12.6. The van der Waals surface area contributed by atoms with Gasteiger partial charge in [-0.15, -0.1) is 0 Å². The normalized spacial score (nSPS) is 10.9. The minimum Gasteiger partial charge on any atom is -0.347 e. The van der Waals surface area contributed by atoms with E-state index in [1.807, 2.05) is 31.2 Å². The quantitative estimate of drug-likeness (QED) is 0.788. The molecular formula is C18H17FN2O. The Balaban J connectivity index is 1.80. The monoisotopic (exact) mass is 296 g/mol. The Kier molecular flexibility index (Phi) is 3.67. The molecule has 0 saturated heterocycles. The average Bonchev–Trinajstić information content (AvgIpc) is 2.83. The number of aryl methyl sites for hydroxylation is 2. The van der Waals surface area contributed by atoms with Gasteiger partial charge in [0.2, 0.25) is 0 Å². The number of halogens is 1. The van der Waals surface area contributed by atoms with Gasteiger partial charge in [-0.1, -0.05) is 29.8 Å². The molecule has 3 rings (SSSR count). The molecule has 1 amide bonds. The molecule has 3 aromatic rings. The Labute approximate surface area is 128 Å². The Morgan fingerprint density at radius 3 is 2.59 bits per heavy atom. The van der Waals surface area contributed by atoms with Crippen LogP contribution >= 0.6 is 0 Å². The van der Waals surface area contributed by atoms with Crippen molar-refractivity contribution in [2.45, 2.75) is 13.5 Å². The molecule has 4 heteroatoms. The summed E-state index contributed by atoms with van der Waals surface area (Å²) in [5, 5.41) is 3.75. The van der Waals surface area contributed by atoms with Gasteiger partial charge >= 0.3 is 0 Å². The van der Waals surface area contributed by atoms with E-state index in [1.165, 1.54) is 17.7 Å². The largest absolute Gasteiger partial charge is 0.347 e. The molecular weight excluding hydrogens is 279 g/mol. The van der Waals surface area contributed by atoms with E-state index < -0.39 is 0 Å². The van der Waals surface area contributed by atoms with Crippen LogP contribution in [0.15, 0.2) is 48.5 Å². The van der Waals surface area contributed by atoms with Crippen LogP contribution in [0.1, 0.15) is 21.6 Å². The van der Waals surface area contributed by atoms with Gasteiger partial charge in [0.1, 0.15) is 11.5 Å². The Morgan fingerprint density at radius 1 is 1.14 bits per heavy atom. The Bertz CT molecular complexity index is 834. The molecule has 3 nitrogen and oxygen atoms in total. The maximum absolute atomic E-state index is 13.3. The second-order valence-corrected chi connectivity index (χ2v) is 5.46. The van der Waals surface area contributed by atoms with Crippen LogP contribution in [0.4, 0.5) is 4.39 Å². The van der Waals surface area contributed by atoms with Crippen molar-refractivity contribution in [3.8, 4) is 0 Å².